The summed E-state index contributed by atoms with van der Waals surface area (Å²) in [6.07, 6.45) is 1.69. The highest BCUT2D eigenvalue weighted by atomic mass is 127. The highest BCUT2D eigenvalue weighted by Crippen LogP contribution is 2.28. The van der Waals surface area contributed by atoms with Crippen LogP contribution in [-0.2, 0) is 0 Å². The zero-order valence-electron chi connectivity index (χ0n) is 12.0. The van der Waals surface area contributed by atoms with Crippen LogP contribution in [0.2, 0.25) is 5.15 Å². The molecule has 0 aliphatic carbocycles. The van der Waals surface area contributed by atoms with Crippen molar-refractivity contribution in [3.63, 3.8) is 0 Å². The molecule has 0 aliphatic rings. The largest absolute Gasteiger partial charge is 0.321 e. The molecule has 0 fully saturated rings. The average molecular weight is 435 g/mol. The van der Waals surface area contributed by atoms with Crippen molar-refractivity contribution in [2.24, 2.45) is 0 Å². The minimum absolute atomic E-state index is 0.135. The van der Waals surface area contributed by atoms with E-state index in [0.29, 0.717) is 10.7 Å². The fraction of sp³-hybridized carbons (Fsp3) is 0. The molecule has 0 saturated carbocycles. The molecule has 0 saturated heterocycles. The third kappa shape index (κ3) is 3.71. The van der Waals surface area contributed by atoms with Gasteiger partial charge in [-0.1, -0.05) is 41.9 Å². The van der Waals surface area contributed by atoms with Crippen LogP contribution in [-0.4, -0.2) is 10.9 Å². The predicted molar refractivity (Wildman–Crippen MR) is 102 cm³/mol. The van der Waals surface area contributed by atoms with Crippen molar-refractivity contribution in [1.29, 1.82) is 0 Å². The Morgan fingerprint density at radius 1 is 1.00 bits per heavy atom. The van der Waals surface area contributed by atoms with Crippen LogP contribution in [0.5, 0.6) is 0 Å². The number of anilines is 1. The van der Waals surface area contributed by atoms with E-state index in [9.17, 15) is 4.79 Å². The average Bonchev–Trinajstić information content (AvgIpc) is 2.56. The second-order valence-electron chi connectivity index (χ2n) is 4.85. The van der Waals surface area contributed by atoms with Gasteiger partial charge in [0, 0.05) is 26.6 Å². The molecule has 1 aromatic heterocycles. The number of hydrogen-bond donors (Lipinski definition) is 1. The highest BCUT2D eigenvalue weighted by molar-refractivity contribution is 14.1. The molecule has 0 radical (unpaired) electrons. The number of aromatic nitrogens is 1. The first kappa shape index (κ1) is 16.0. The van der Waals surface area contributed by atoms with E-state index in [1.165, 1.54) is 0 Å². The van der Waals surface area contributed by atoms with Gasteiger partial charge in [0.15, 0.2) is 0 Å². The molecule has 23 heavy (non-hydrogen) atoms. The minimum Gasteiger partial charge on any atom is -0.321 e. The van der Waals surface area contributed by atoms with E-state index in [4.69, 9.17) is 11.6 Å². The molecule has 114 valence electrons. The van der Waals surface area contributed by atoms with E-state index >= 15 is 0 Å². The number of carbonyl (C=O) groups excluding carboxylic acids is 1. The summed E-state index contributed by atoms with van der Waals surface area (Å²) in [5, 5.41) is 3.42. The Labute approximate surface area is 152 Å². The van der Waals surface area contributed by atoms with E-state index in [1.54, 1.807) is 12.3 Å². The standard InChI is InChI=1S/C18H12ClIN2O/c19-17-10-9-12(11-21-17)13-5-2-4-8-16(13)22-18(23)14-6-1-3-7-15(14)20/h1-11H,(H,22,23). The van der Waals surface area contributed by atoms with Crippen molar-refractivity contribution < 1.29 is 4.79 Å². The van der Waals surface area contributed by atoms with Gasteiger partial charge >= 0.3 is 0 Å². The van der Waals surface area contributed by atoms with Crippen LogP contribution in [0.1, 0.15) is 10.4 Å². The lowest BCUT2D eigenvalue weighted by molar-refractivity contribution is 0.102. The molecule has 5 heteroatoms. The molecule has 1 N–H and O–H groups in total. The van der Waals surface area contributed by atoms with Gasteiger partial charge in [-0.3, -0.25) is 4.79 Å². The van der Waals surface area contributed by atoms with Crippen LogP contribution in [0.15, 0.2) is 66.9 Å². The van der Waals surface area contributed by atoms with Crippen LogP contribution in [0.3, 0.4) is 0 Å². The van der Waals surface area contributed by atoms with Crippen molar-refractivity contribution in [1.82, 2.24) is 4.98 Å². The van der Waals surface area contributed by atoms with E-state index in [1.807, 2.05) is 54.6 Å². The SMILES string of the molecule is O=C(Nc1ccccc1-c1ccc(Cl)nc1)c1ccccc1I. The van der Waals surface area contributed by atoms with Crippen LogP contribution < -0.4 is 5.32 Å². The molecule has 1 heterocycles. The number of rotatable bonds is 3. The summed E-state index contributed by atoms with van der Waals surface area (Å²) in [5.74, 6) is -0.135. The summed E-state index contributed by atoms with van der Waals surface area (Å²) in [5.41, 5.74) is 3.18. The van der Waals surface area contributed by atoms with Crippen LogP contribution in [0, 0.1) is 3.57 Å². The first-order valence-electron chi connectivity index (χ1n) is 6.92. The van der Waals surface area contributed by atoms with Gasteiger partial charge in [-0.25, -0.2) is 4.98 Å². The van der Waals surface area contributed by atoms with Gasteiger partial charge in [-0.05, 0) is 52.9 Å². The molecular weight excluding hydrogens is 423 g/mol. The quantitative estimate of drug-likeness (QED) is 0.451. The molecule has 0 atom stereocenters. The van der Waals surface area contributed by atoms with Crippen molar-refractivity contribution in [3.05, 3.63) is 81.1 Å². The Morgan fingerprint density at radius 2 is 1.74 bits per heavy atom. The summed E-state index contributed by atoms with van der Waals surface area (Å²) in [4.78, 5) is 16.6. The third-order valence-electron chi connectivity index (χ3n) is 3.33. The predicted octanol–water partition coefficient (Wildman–Crippen LogP) is 5.26. The molecule has 0 unspecified atom stereocenters. The lowest BCUT2D eigenvalue weighted by Gasteiger charge is -2.12. The number of pyridine rings is 1. The summed E-state index contributed by atoms with van der Waals surface area (Å²) in [6, 6.07) is 18.7. The zero-order chi connectivity index (χ0) is 16.2. The van der Waals surface area contributed by atoms with E-state index in [0.717, 1.165) is 20.4 Å². The lowest BCUT2D eigenvalue weighted by Crippen LogP contribution is -2.14. The Kier molecular flexibility index (Phi) is 4.93. The molecule has 0 aliphatic heterocycles. The number of halogens is 2. The summed E-state index contributed by atoms with van der Waals surface area (Å²) >= 11 is 8.00. The maximum absolute atomic E-state index is 12.5. The normalized spacial score (nSPS) is 10.3. The Morgan fingerprint density at radius 3 is 2.48 bits per heavy atom. The minimum atomic E-state index is -0.135. The van der Waals surface area contributed by atoms with Gasteiger partial charge in [0.25, 0.3) is 5.91 Å². The van der Waals surface area contributed by atoms with Gasteiger partial charge in [-0.15, -0.1) is 0 Å². The number of amides is 1. The molecule has 0 spiro atoms. The zero-order valence-corrected chi connectivity index (χ0v) is 14.9. The van der Waals surface area contributed by atoms with Crippen LogP contribution in [0.4, 0.5) is 5.69 Å². The number of hydrogen-bond acceptors (Lipinski definition) is 2. The molecule has 0 bridgehead atoms. The molecule has 2 aromatic carbocycles. The third-order valence-corrected chi connectivity index (χ3v) is 4.50. The van der Waals surface area contributed by atoms with Gasteiger partial charge in [0.05, 0.1) is 5.56 Å². The van der Waals surface area contributed by atoms with E-state index in [-0.39, 0.29) is 5.91 Å². The van der Waals surface area contributed by atoms with Gasteiger partial charge < -0.3 is 5.32 Å². The first-order valence-corrected chi connectivity index (χ1v) is 8.37. The number of carbonyl (C=O) groups is 1. The van der Waals surface area contributed by atoms with Gasteiger partial charge in [-0.2, -0.15) is 0 Å². The second kappa shape index (κ2) is 7.10. The smallest absolute Gasteiger partial charge is 0.256 e. The Balaban J connectivity index is 1.94. The summed E-state index contributed by atoms with van der Waals surface area (Å²) in [7, 11) is 0. The van der Waals surface area contributed by atoms with Crippen molar-refractivity contribution in [2.45, 2.75) is 0 Å². The Hall–Kier alpha value is -1.92. The van der Waals surface area contributed by atoms with Gasteiger partial charge in [0.2, 0.25) is 0 Å². The molecular formula is C18H12ClIN2O. The molecule has 3 rings (SSSR count). The fourth-order valence-electron chi connectivity index (χ4n) is 2.21. The van der Waals surface area contributed by atoms with Crippen LogP contribution >= 0.6 is 34.2 Å². The maximum atomic E-state index is 12.5. The van der Waals surface area contributed by atoms with Crippen molar-refractivity contribution in [2.75, 3.05) is 5.32 Å². The van der Waals surface area contributed by atoms with E-state index in [2.05, 4.69) is 32.9 Å². The second-order valence-corrected chi connectivity index (χ2v) is 6.40. The number of nitrogens with one attached hydrogen (secondary N) is 1. The maximum Gasteiger partial charge on any atom is 0.256 e. The summed E-state index contributed by atoms with van der Waals surface area (Å²) in [6.45, 7) is 0. The number of nitrogens with zero attached hydrogens (tertiary/aromatic N) is 1. The topological polar surface area (TPSA) is 42.0 Å². The number of benzene rings is 2. The first-order chi connectivity index (χ1) is 11.1. The highest BCUT2D eigenvalue weighted by Gasteiger charge is 2.12. The summed E-state index contributed by atoms with van der Waals surface area (Å²) < 4.78 is 0.910. The van der Waals surface area contributed by atoms with Gasteiger partial charge in [0.1, 0.15) is 5.15 Å². The fourth-order valence-corrected chi connectivity index (χ4v) is 2.96. The van der Waals surface area contributed by atoms with Crippen LogP contribution in [0.25, 0.3) is 11.1 Å². The lowest BCUT2D eigenvalue weighted by atomic mass is 10.1. The molecule has 3 aromatic rings. The number of para-hydroxylation sites is 1. The Bertz CT molecular complexity index is 850. The monoisotopic (exact) mass is 434 g/mol. The van der Waals surface area contributed by atoms with E-state index < -0.39 is 0 Å². The van der Waals surface area contributed by atoms with Crippen molar-refractivity contribution >= 4 is 45.8 Å². The van der Waals surface area contributed by atoms with Crippen molar-refractivity contribution in [3.8, 4) is 11.1 Å². The molecule has 3 nitrogen and oxygen atoms in total. The molecule has 1 amide bonds.